The fourth-order valence-corrected chi connectivity index (χ4v) is 3.74. The monoisotopic (exact) mass is 403 g/mol. The molecule has 0 saturated carbocycles. The summed E-state index contributed by atoms with van der Waals surface area (Å²) >= 11 is 5.99. The molecule has 1 saturated heterocycles. The lowest BCUT2D eigenvalue weighted by atomic mass is 10.1. The van der Waals surface area contributed by atoms with Crippen LogP contribution in [0.1, 0.15) is 11.3 Å². The molecule has 0 radical (unpaired) electrons. The number of nitro groups is 1. The van der Waals surface area contributed by atoms with Crippen molar-refractivity contribution in [1.82, 2.24) is 4.90 Å². The predicted molar refractivity (Wildman–Crippen MR) is 100 cm³/mol. The highest BCUT2D eigenvalue weighted by molar-refractivity contribution is 8.26. The second-order valence-electron chi connectivity index (χ2n) is 5.60. The molecule has 3 rings (SSSR count). The fourth-order valence-electron chi connectivity index (χ4n) is 2.51. The molecule has 2 aromatic rings. The number of furan rings is 1. The summed E-state index contributed by atoms with van der Waals surface area (Å²) < 4.78 is 5.84. The second-order valence-corrected chi connectivity index (χ2v) is 7.27. The van der Waals surface area contributed by atoms with Gasteiger partial charge in [0.1, 0.15) is 15.8 Å². The molecule has 10 heteroatoms. The summed E-state index contributed by atoms with van der Waals surface area (Å²) in [7, 11) is 0. The average molecular weight is 403 g/mol. The van der Waals surface area contributed by atoms with Crippen molar-refractivity contribution in [2.75, 3.05) is 6.54 Å². The van der Waals surface area contributed by atoms with Gasteiger partial charge in [0.05, 0.1) is 22.3 Å². The number of aryl methyl sites for hydroxylation is 1. The van der Waals surface area contributed by atoms with E-state index in [4.69, 9.17) is 16.6 Å². The first-order chi connectivity index (χ1) is 12.8. The normalized spacial score (nSPS) is 15.6. The van der Waals surface area contributed by atoms with Crippen LogP contribution in [0, 0.1) is 17.0 Å². The molecule has 0 atom stereocenters. The lowest BCUT2D eigenvalue weighted by Crippen LogP contribution is -2.40. The van der Waals surface area contributed by atoms with Crippen molar-refractivity contribution < 1.29 is 24.0 Å². The van der Waals surface area contributed by atoms with E-state index in [1.54, 1.807) is 25.1 Å². The van der Waals surface area contributed by atoms with E-state index >= 15 is 0 Å². The van der Waals surface area contributed by atoms with Crippen LogP contribution >= 0.6 is 24.0 Å². The first-order valence-electron chi connectivity index (χ1n) is 7.56. The number of benzene rings is 1. The maximum atomic E-state index is 12.2. The van der Waals surface area contributed by atoms with Crippen LogP contribution in [0.15, 0.2) is 39.7 Å². The number of hydrogen-bond acceptors (Lipinski definition) is 8. The van der Waals surface area contributed by atoms with Crippen molar-refractivity contribution in [2.45, 2.75) is 6.92 Å². The summed E-state index contributed by atoms with van der Waals surface area (Å²) in [6.45, 7) is 1.13. The van der Waals surface area contributed by atoms with Crippen molar-refractivity contribution >= 4 is 51.9 Å². The van der Waals surface area contributed by atoms with E-state index in [1.807, 2.05) is 0 Å². The zero-order chi connectivity index (χ0) is 19.7. The number of carbonyl (C=O) groups excluding carboxylic acids is 2. The number of nitro benzene ring substituents is 1. The Balaban J connectivity index is 1.86. The number of carbonyl (C=O) groups is 2. The Bertz CT molecular complexity index is 1010. The predicted octanol–water partition coefficient (Wildman–Crippen LogP) is 2.11. The number of amides is 1. The Morgan fingerprint density at radius 3 is 2.74 bits per heavy atom. The van der Waals surface area contributed by atoms with Crippen molar-refractivity contribution in [1.29, 1.82) is 0 Å². The van der Waals surface area contributed by atoms with Gasteiger partial charge in [-0.2, -0.15) is 0 Å². The topological polar surface area (TPSA) is 117 Å². The Hall–Kier alpha value is -2.98. The highest BCUT2D eigenvalue weighted by atomic mass is 32.2. The molecule has 1 aliphatic rings. The minimum Gasteiger partial charge on any atom is -0.548 e. The Kier molecular flexibility index (Phi) is 5.10. The minimum atomic E-state index is -1.40. The molecule has 2 heterocycles. The summed E-state index contributed by atoms with van der Waals surface area (Å²) in [6, 6.07) is 7.75. The number of carboxylic acid groups (broad SMARTS) is 1. The number of non-ortho nitro benzene ring substituents is 1. The van der Waals surface area contributed by atoms with Crippen LogP contribution in [0.5, 0.6) is 0 Å². The summed E-state index contributed by atoms with van der Waals surface area (Å²) in [6.07, 6.45) is 1.47. The van der Waals surface area contributed by atoms with Crippen molar-refractivity contribution in [3.05, 3.63) is 56.7 Å². The van der Waals surface area contributed by atoms with E-state index in [1.165, 1.54) is 18.2 Å². The van der Waals surface area contributed by atoms with Gasteiger partial charge in [0.15, 0.2) is 0 Å². The molecule has 1 amide bonds. The van der Waals surface area contributed by atoms with E-state index in [0.717, 1.165) is 16.7 Å². The van der Waals surface area contributed by atoms with Crippen LogP contribution in [-0.4, -0.2) is 32.6 Å². The molecule has 138 valence electrons. The summed E-state index contributed by atoms with van der Waals surface area (Å²) in [5.74, 6) is -1.07. The number of hydrogen-bond donors (Lipinski definition) is 0. The van der Waals surface area contributed by atoms with Crippen LogP contribution in [-0.2, 0) is 9.59 Å². The maximum Gasteiger partial charge on any atom is 0.269 e. The molecule has 0 unspecified atom stereocenters. The standard InChI is InChI=1S/C17H12N2O6S2/c1-9-6-10(19(23)24)2-4-12(9)13-5-3-11(25-13)7-14-16(22)18(8-15(20)21)17(26)27-14/h2-7H,8H2,1H3,(H,20,21)/p-1/b14-7-. The number of aliphatic carboxylic acids is 1. The van der Waals surface area contributed by atoms with Crippen molar-refractivity contribution in [3.63, 3.8) is 0 Å². The van der Waals surface area contributed by atoms with Gasteiger partial charge in [-0.05, 0) is 30.7 Å². The fraction of sp³-hybridized carbons (Fsp3) is 0.118. The second kappa shape index (κ2) is 7.33. The van der Waals surface area contributed by atoms with Gasteiger partial charge in [0, 0.05) is 23.8 Å². The third-order valence-corrected chi connectivity index (χ3v) is 5.12. The first-order valence-corrected chi connectivity index (χ1v) is 8.79. The van der Waals surface area contributed by atoms with Gasteiger partial charge in [-0.25, -0.2) is 0 Å². The molecule has 1 aliphatic heterocycles. The van der Waals surface area contributed by atoms with Crippen LogP contribution in [0.3, 0.4) is 0 Å². The zero-order valence-electron chi connectivity index (χ0n) is 13.8. The van der Waals surface area contributed by atoms with Gasteiger partial charge in [-0.15, -0.1) is 0 Å². The first kappa shape index (κ1) is 18.8. The largest absolute Gasteiger partial charge is 0.548 e. The van der Waals surface area contributed by atoms with Gasteiger partial charge in [0.2, 0.25) is 0 Å². The van der Waals surface area contributed by atoms with E-state index in [2.05, 4.69) is 0 Å². The van der Waals surface area contributed by atoms with Gasteiger partial charge >= 0.3 is 0 Å². The van der Waals surface area contributed by atoms with Crippen LogP contribution in [0.2, 0.25) is 0 Å². The van der Waals surface area contributed by atoms with Gasteiger partial charge in [-0.1, -0.05) is 24.0 Å². The third kappa shape index (κ3) is 3.91. The molecule has 1 aromatic carbocycles. The lowest BCUT2D eigenvalue weighted by Gasteiger charge is -2.14. The number of rotatable bonds is 5. The number of thioether (sulfide) groups is 1. The number of thiocarbonyl (C=S) groups is 1. The molecule has 1 fully saturated rings. The summed E-state index contributed by atoms with van der Waals surface area (Å²) in [5, 5.41) is 21.5. The highest BCUT2D eigenvalue weighted by Gasteiger charge is 2.32. The Labute approximate surface area is 162 Å². The smallest absolute Gasteiger partial charge is 0.269 e. The molecule has 1 aromatic heterocycles. The molecule has 0 aliphatic carbocycles. The van der Waals surface area contributed by atoms with Crippen molar-refractivity contribution in [2.24, 2.45) is 0 Å². The van der Waals surface area contributed by atoms with Crippen LogP contribution < -0.4 is 5.11 Å². The Morgan fingerprint density at radius 2 is 2.11 bits per heavy atom. The molecular formula is C17H11N2O6S2-. The summed E-state index contributed by atoms with van der Waals surface area (Å²) in [4.78, 5) is 34.5. The highest BCUT2D eigenvalue weighted by Crippen LogP contribution is 2.34. The third-order valence-electron chi connectivity index (χ3n) is 3.75. The zero-order valence-corrected chi connectivity index (χ0v) is 15.5. The molecule has 0 N–H and O–H groups in total. The molecule has 8 nitrogen and oxygen atoms in total. The van der Waals surface area contributed by atoms with E-state index < -0.39 is 23.3 Å². The van der Waals surface area contributed by atoms with Crippen molar-refractivity contribution in [3.8, 4) is 11.3 Å². The molecule has 27 heavy (non-hydrogen) atoms. The van der Waals surface area contributed by atoms with Crippen LogP contribution in [0.25, 0.3) is 17.4 Å². The van der Waals surface area contributed by atoms with Gasteiger partial charge in [0.25, 0.3) is 11.6 Å². The molecular weight excluding hydrogens is 392 g/mol. The van der Waals surface area contributed by atoms with E-state index in [9.17, 15) is 24.8 Å². The molecule has 0 bridgehead atoms. The van der Waals surface area contributed by atoms with Gasteiger partial charge < -0.3 is 14.3 Å². The maximum absolute atomic E-state index is 12.2. The van der Waals surface area contributed by atoms with Gasteiger partial charge in [-0.3, -0.25) is 19.8 Å². The quantitative estimate of drug-likeness (QED) is 0.322. The molecule has 0 spiro atoms. The average Bonchev–Trinajstić information content (AvgIpc) is 3.15. The van der Waals surface area contributed by atoms with E-state index in [-0.39, 0.29) is 14.9 Å². The SMILES string of the molecule is Cc1cc([N+](=O)[O-])ccc1-c1ccc(/C=C2\SC(=S)N(CC(=O)[O-])C2=O)o1. The summed E-state index contributed by atoms with van der Waals surface area (Å²) in [5.41, 5.74) is 1.34. The Morgan fingerprint density at radius 1 is 1.37 bits per heavy atom. The number of carboxylic acids is 1. The van der Waals surface area contributed by atoms with E-state index in [0.29, 0.717) is 22.6 Å². The number of nitrogens with zero attached hydrogens (tertiary/aromatic N) is 2. The lowest BCUT2D eigenvalue weighted by molar-refractivity contribution is -0.384. The van der Waals surface area contributed by atoms with Crippen LogP contribution in [0.4, 0.5) is 5.69 Å². The minimum absolute atomic E-state index is 0.0142.